The van der Waals surface area contributed by atoms with Crippen LogP contribution in [0, 0.1) is 10.1 Å². The lowest BCUT2D eigenvalue weighted by Crippen LogP contribution is -2.19. The van der Waals surface area contributed by atoms with Gasteiger partial charge < -0.3 is 5.32 Å². The zero-order valence-electron chi connectivity index (χ0n) is 10.9. The summed E-state index contributed by atoms with van der Waals surface area (Å²) in [6, 6.07) is 10.8. The van der Waals surface area contributed by atoms with E-state index in [1.807, 2.05) is 31.2 Å². The minimum absolute atomic E-state index is 0.0192. The van der Waals surface area contributed by atoms with E-state index in [9.17, 15) is 10.1 Å². The van der Waals surface area contributed by atoms with Gasteiger partial charge in [0.05, 0.1) is 4.92 Å². The van der Waals surface area contributed by atoms with Crippen molar-refractivity contribution in [1.82, 2.24) is 4.98 Å². The van der Waals surface area contributed by atoms with Crippen molar-refractivity contribution in [2.24, 2.45) is 0 Å². The molecule has 0 aliphatic carbocycles. The molecule has 1 N–H and O–H groups in total. The van der Waals surface area contributed by atoms with Crippen LogP contribution in [-0.4, -0.2) is 15.9 Å². The van der Waals surface area contributed by atoms with E-state index in [0.717, 1.165) is 17.0 Å². The molecule has 0 amide bonds. The quantitative estimate of drug-likeness (QED) is 0.674. The topological polar surface area (TPSA) is 68.1 Å². The Balaban J connectivity index is 1.99. The lowest BCUT2D eigenvalue weighted by atomic mass is 10.1. The zero-order chi connectivity index (χ0) is 14.5. The van der Waals surface area contributed by atoms with Crippen molar-refractivity contribution in [2.45, 2.75) is 19.4 Å². The molecule has 1 unspecified atom stereocenters. The van der Waals surface area contributed by atoms with Gasteiger partial charge in [-0.1, -0.05) is 29.8 Å². The lowest BCUT2D eigenvalue weighted by Gasteiger charge is -2.15. The van der Waals surface area contributed by atoms with Crippen LogP contribution in [0.4, 0.5) is 11.5 Å². The average Bonchev–Trinajstić information content (AvgIpc) is 2.42. The molecule has 1 aromatic carbocycles. The van der Waals surface area contributed by atoms with Crippen LogP contribution < -0.4 is 5.32 Å². The Morgan fingerprint density at radius 2 is 2.10 bits per heavy atom. The van der Waals surface area contributed by atoms with Gasteiger partial charge in [-0.15, -0.1) is 0 Å². The molecule has 1 atom stereocenters. The summed E-state index contributed by atoms with van der Waals surface area (Å²) in [5.41, 5.74) is 1.03. The molecule has 0 saturated heterocycles. The predicted molar refractivity (Wildman–Crippen MR) is 79.1 cm³/mol. The maximum Gasteiger partial charge on any atom is 0.287 e. The van der Waals surface area contributed by atoms with E-state index >= 15 is 0 Å². The van der Waals surface area contributed by atoms with Gasteiger partial charge in [0, 0.05) is 17.1 Å². The van der Waals surface area contributed by atoms with E-state index in [1.54, 1.807) is 6.07 Å². The van der Waals surface area contributed by atoms with Crippen molar-refractivity contribution in [3.05, 3.63) is 63.3 Å². The molecule has 20 heavy (non-hydrogen) atoms. The number of nitro groups is 1. The third-order valence-corrected chi connectivity index (χ3v) is 3.21. The van der Waals surface area contributed by atoms with Crippen LogP contribution in [0.3, 0.4) is 0 Å². The molecule has 5 nitrogen and oxygen atoms in total. The normalized spacial score (nSPS) is 11.9. The fraction of sp³-hybridized carbons (Fsp3) is 0.214. The Hall–Kier alpha value is -2.14. The molecule has 0 radical (unpaired) electrons. The zero-order valence-corrected chi connectivity index (χ0v) is 11.7. The Morgan fingerprint density at radius 3 is 2.70 bits per heavy atom. The van der Waals surface area contributed by atoms with Gasteiger partial charge in [-0.3, -0.25) is 10.1 Å². The number of nitrogens with one attached hydrogen (secondary N) is 1. The Morgan fingerprint density at radius 1 is 1.35 bits per heavy atom. The van der Waals surface area contributed by atoms with Crippen LogP contribution in [0.15, 0.2) is 42.6 Å². The van der Waals surface area contributed by atoms with E-state index in [1.165, 1.54) is 12.3 Å². The second-order valence-corrected chi connectivity index (χ2v) is 4.91. The van der Waals surface area contributed by atoms with Gasteiger partial charge in [0.2, 0.25) is 0 Å². The molecule has 2 rings (SSSR count). The molecule has 1 aromatic heterocycles. The average molecular weight is 292 g/mol. The van der Waals surface area contributed by atoms with Gasteiger partial charge in [0.15, 0.2) is 0 Å². The summed E-state index contributed by atoms with van der Waals surface area (Å²) in [7, 11) is 0. The number of aromatic nitrogens is 1. The lowest BCUT2D eigenvalue weighted by molar-refractivity contribution is -0.385. The molecule has 0 saturated carbocycles. The van der Waals surface area contributed by atoms with Crippen LogP contribution in [0.5, 0.6) is 0 Å². The largest absolute Gasteiger partial charge is 0.367 e. The van der Waals surface area contributed by atoms with Crippen molar-refractivity contribution in [1.29, 1.82) is 0 Å². The number of hydrogen-bond donors (Lipinski definition) is 1. The number of rotatable bonds is 5. The van der Waals surface area contributed by atoms with Crippen LogP contribution in [0.25, 0.3) is 0 Å². The molecular weight excluding hydrogens is 278 g/mol. The summed E-state index contributed by atoms with van der Waals surface area (Å²) >= 11 is 6.11. The van der Waals surface area contributed by atoms with E-state index in [-0.39, 0.29) is 11.7 Å². The van der Waals surface area contributed by atoms with E-state index < -0.39 is 4.92 Å². The second-order valence-electron chi connectivity index (χ2n) is 4.50. The van der Waals surface area contributed by atoms with Gasteiger partial charge >= 0.3 is 0 Å². The van der Waals surface area contributed by atoms with Crippen molar-refractivity contribution in [2.75, 3.05) is 5.32 Å². The van der Waals surface area contributed by atoms with Gasteiger partial charge in [-0.2, -0.15) is 0 Å². The van der Waals surface area contributed by atoms with Crippen molar-refractivity contribution in [3.8, 4) is 0 Å². The minimum Gasteiger partial charge on any atom is -0.367 e. The molecule has 0 aliphatic rings. The van der Waals surface area contributed by atoms with Crippen molar-refractivity contribution >= 4 is 23.1 Å². The molecule has 2 aromatic rings. The first-order valence-electron chi connectivity index (χ1n) is 6.16. The predicted octanol–water partition coefficient (Wildman–Crippen LogP) is 3.69. The van der Waals surface area contributed by atoms with Crippen molar-refractivity contribution in [3.63, 3.8) is 0 Å². The maximum atomic E-state index is 10.5. The number of halogens is 1. The van der Waals surface area contributed by atoms with Gasteiger partial charge in [0.1, 0.15) is 12.0 Å². The molecule has 0 aliphatic heterocycles. The van der Waals surface area contributed by atoms with Crippen molar-refractivity contribution < 1.29 is 4.92 Å². The second kappa shape index (κ2) is 6.34. The van der Waals surface area contributed by atoms with Crippen LogP contribution >= 0.6 is 11.6 Å². The Kier molecular flexibility index (Phi) is 4.53. The van der Waals surface area contributed by atoms with Gasteiger partial charge in [-0.05, 0) is 31.0 Å². The summed E-state index contributed by atoms with van der Waals surface area (Å²) in [5.74, 6) is 0.607. The SMILES string of the molecule is CC(Cc1ccccc1Cl)Nc1ccc([N+](=O)[O-])cn1. The highest BCUT2D eigenvalue weighted by Crippen LogP contribution is 2.18. The van der Waals surface area contributed by atoms with E-state index in [0.29, 0.717) is 5.82 Å². The Bertz CT molecular complexity index is 602. The fourth-order valence-electron chi connectivity index (χ4n) is 1.88. The third-order valence-electron chi connectivity index (χ3n) is 2.84. The summed E-state index contributed by atoms with van der Waals surface area (Å²) in [4.78, 5) is 14.1. The van der Waals surface area contributed by atoms with E-state index in [2.05, 4.69) is 10.3 Å². The summed E-state index contributed by atoms with van der Waals surface area (Å²) in [6.45, 7) is 2.01. The van der Waals surface area contributed by atoms with Crippen LogP contribution in [0.2, 0.25) is 5.02 Å². The number of anilines is 1. The Labute approximate surface area is 121 Å². The number of nitrogens with zero attached hydrogens (tertiary/aromatic N) is 2. The number of pyridine rings is 1. The third kappa shape index (κ3) is 3.68. The standard InChI is InChI=1S/C14H14ClN3O2/c1-10(8-11-4-2-3-5-13(11)15)17-14-7-6-12(9-16-14)18(19)20/h2-7,9-10H,8H2,1H3,(H,16,17). The molecule has 0 bridgehead atoms. The maximum absolute atomic E-state index is 10.5. The number of hydrogen-bond acceptors (Lipinski definition) is 4. The molecule has 0 fully saturated rings. The highest BCUT2D eigenvalue weighted by molar-refractivity contribution is 6.31. The van der Waals surface area contributed by atoms with E-state index in [4.69, 9.17) is 11.6 Å². The van der Waals surface area contributed by atoms with Crippen LogP contribution in [0.1, 0.15) is 12.5 Å². The fourth-order valence-corrected chi connectivity index (χ4v) is 2.09. The smallest absolute Gasteiger partial charge is 0.287 e. The molecule has 1 heterocycles. The first kappa shape index (κ1) is 14.3. The first-order valence-corrected chi connectivity index (χ1v) is 6.54. The van der Waals surface area contributed by atoms with Gasteiger partial charge in [-0.25, -0.2) is 4.98 Å². The molecule has 6 heteroatoms. The first-order chi connectivity index (χ1) is 9.56. The van der Waals surface area contributed by atoms with Crippen LogP contribution in [-0.2, 0) is 6.42 Å². The summed E-state index contributed by atoms with van der Waals surface area (Å²) in [6.07, 6.45) is 1.99. The highest BCUT2D eigenvalue weighted by atomic mass is 35.5. The summed E-state index contributed by atoms with van der Waals surface area (Å²) < 4.78 is 0. The monoisotopic (exact) mass is 291 g/mol. The summed E-state index contributed by atoms with van der Waals surface area (Å²) in [5, 5.41) is 14.5. The number of benzene rings is 1. The van der Waals surface area contributed by atoms with Gasteiger partial charge in [0.25, 0.3) is 5.69 Å². The highest BCUT2D eigenvalue weighted by Gasteiger charge is 2.09. The molecule has 0 spiro atoms. The minimum atomic E-state index is -0.468. The molecule has 104 valence electrons. The molecular formula is C14H14ClN3O2.